The van der Waals surface area contributed by atoms with E-state index in [9.17, 15) is 18.8 Å². The molecule has 3 amide bonds. The summed E-state index contributed by atoms with van der Waals surface area (Å²) in [5, 5.41) is 6.60. The average molecular weight is 461 g/mol. The smallest absolute Gasteiger partial charge is 0.339 e. The van der Waals surface area contributed by atoms with Crippen LogP contribution in [0.4, 0.5) is 9.18 Å². The van der Waals surface area contributed by atoms with Crippen LogP contribution in [0.2, 0.25) is 0 Å². The molecule has 10 heteroatoms. The molecule has 2 aromatic heterocycles. The molecule has 0 unspecified atom stereocenters. The number of imide groups is 1. The van der Waals surface area contributed by atoms with Gasteiger partial charge < -0.3 is 10.5 Å². The van der Waals surface area contributed by atoms with Crippen molar-refractivity contribution < 1.29 is 23.5 Å². The third-order valence-electron chi connectivity index (χ3n) is 5.02. The summed E-state index contributed by atoms with van der Waals surface area (Å²) in [4.78, 5) is 40.6. The second-order valence-electron chi connectivity index (χ2n) is 7.49. The van der Waals surface area contributed by atoms with Gasteiger partial charge in [-0.2, -0.15) is 5.10 Å². The van der Waals surface area contributed by atoms with Crippen molar-refractivity contribution in [2.75, 3.05) is 0 Å². The number of primary amides is 1. The van der Waals surface area contributed by atoms with E-state index in [0.717, 1.165) is 5.56 Å². The number of esters is 1. The molecule has 3 N–H and O–H groups in total. The molecular weight excluding hydrogens is 441 g/mol. The van der Waals surface area contributed by atoms with Crippen LogP contribution in [-0.2, 0) is 16.1 Å². The van der Waals surface area contributed by atoms with E-state index in [1.54, 1.807) is 22.9 Å². The summed E-state index contributed by atoms with van der Waals surface area (Å²) in [6.45, 7) is 1.54. The predicted octanol–water partition coefficient (Wildman–Crippen LogP) is 3.03. The minimum atomic E-state index is -1.27. The number of nitrogens with two attached hydrogens (primary N) is 1. The fraction of sp³-hybridized carbons (Fsp3) is 0.125. The number of rotatable bonds is 6. The molecule has 2 aromatic carbocycles. The number of amides is 3. The maximum Gasteiger partial charge on any atom is 0.339 e. The minimum absolute atomic E-state index is 0.132. The van der Waals surface area contributed by atoms with E-state index in [0.29, 0.717) is 22.3 Å². The third kappa shape index (κ3) is 4.90. The number of benzene rings is 2. The first-order valence-corrected chi connectivity index (χ1v) is 10.3. The largest absolute Gasteiger partial charge is 0.449 e. The van der Waals surface area contributed by atoms with Crippen LogP contribution in [0.3, 0.4) is 0 Å². The van der Waals surface area contributed by atoms with Crippen LogP contribution in [0.5, 0.6) is 0 Å². The molecule has 2 heterocycles. The fourth-order valence-corrected chi connectivity index (χ4v) is 3.40. The molecule has 0 saturated carbocycles. The SMILES string of the molecule is C[C@@H](OC(=O)c1cc(-c2ccccc2)nc2c1cnn2Cc1cccc(F)c1)C(=O)NC(N)=O. The molecule has 0 saturated heterocycles. The lowest BCUT2D eigenvalue weighted by molar-refractivity contribution is -0.127. The van der Waals surface area contributed by atoms with Crippen LogP contribution < -0.4 is 11.1 Å². The van der Waals surface area contributed by atoms with Gasteiger partial charge in [0.25, 0.3) is 5.91 Å². The van der Waals surface area contributed by atoms with E-state index in [2.05, 4.69) is 10.1 Å². The zero-order chi connectivity index (χ0) is 24.2. The van der Waals surface area contributed by atoms with Gasteiger partial charge in [-0.15, -0.1) is 0 Å². The Hall–Kier alpha value is -4.60. The monoisotopic (exact) mass is 461 g/mol. The molecule has 0 radical (unpaired) electrons. The molecular formula is C24H20FN5O4. The summed E-state index contributed by atoms with van der Waals surface area (Å²) in [5.41, 5.74) is 7.36. The molecule has 0 aliphatic carbocycles. The number of nitrogens with zero attached hydrogens (tertiary/aromatic N) is 3. The second kappa shape index (κ2) is 9.49. The van der Waals surface area contributed by atoms with Gasteiger partial charge in [-0.25, -0.2) is 23.6 Å². The highest BCUT2D eigenvalue weighted by Crippen LogP contribution is 2.26. The Morgan fingerprint density at radius 3 is 2.59 bits per heavy atom. The van der Waals surface area contributed by atoms with Crippen molar-refractivity contribution in [2.24, 2.45) is 5.73 Å². The first-order valence-electron chi connectivity index (χ1n) is 10.3. The Bertz CT molecular complexity index is 1390. The van der Waals surface area contributed by atoms with Gasteiger partial charge in [0.05, 0.1) is 29.4 Å². The summed E-state index contributed by atoms with van der Waals surface area (Å²) in [7, 11) is 0. The highest BCUT2D eigenvalue weighted by Gasteiger charge is 2.24. The molecule has 4 aromatic rings. The Morgan fingerprint density at radius 2 is 1.88 bits per heavy atom. The Kier molecular flexibility index (Phi) is 6.30. The lowest BCUT2D eigenvalue weighted by atomic mass is 10.1. The normalized spacial score (nSPS) is 11.7. The molecule has 9 nitrogen and oxygen atoms in total. The van der Waals surface area contributed by atoms with Gasteiger partial charge in [0.2, 0.25) is 0 Å². The number of ether oxygens (including phenoxy) is 1. The third-order valence-corrected chi connectivity index (χ3v) is 5.02. The van der Waals surface area contributed by atoms with E-state index in [-0.39, 0.29) is 17.9 Å². The van der Waals surface area contributed by atoms with Gasteiger partial charge in [-0.1, -0.05) is 42.5 Å². The van der Waals surface area contributed by atoms with Crippen LogP contribution >= 0.6 is 0 Å². The van der Waals surface area contributed by atoms with Crippen molar-refractivity contribution in [1.82, 2.24) is 20.1 Å². The first kappa shape index (κ1) is 22.6. The first-order chi connectivity index (χ1) is 16.3. The summed E-state index contributed by atoms with van der Waals surface area (Å²) in [6, 6.07) is 15.8. The number of hydrogen-bond acceptors (Lipinski definition) is 6. The number of pyridine rings is 1. The van der Waals surface area contributed by atoms with E-state index in [1.807, 2.05) is 35.6 Å². The quantitative estimate of drug-likeness (QED) is 0.425. The highest BCUT2D eigenvalue weighted by molar-refractivity contribution is 6.05. The maximum atomic E-state index is 13.7. The molecule has 34 heavy (non-hydrogen) atoms. The van der Waals surface area contributed by atoms with Crippen molar-refractivity contribution in [1.29, 1.82) is 0 Å². The minimum Gasteiger partial charge on any atom is -0.449 e. The topological polar surface area (TPSA) is 129 Å². The molecule has 0 aliphatic heterocycles. The van der Waals surface area contributed by atoms with E-state index < -0.39 is 24.0 Å². The van der Waals surface area contributed by atoms with Gasteiger partial charge in [0.1, 0.15) is 5.82 Å². The molecule has 0 fully saturated rings. The summed E-state index contributed by atoms with van der Waals surface area (Å²) < 4.78 is 20.5. The van der Waals surface area contributed by atoms with Crippen LogP contribution in [0.15, 0.2) is 66.9 Å². The zero-order valence-corrected chi connectivity index (χ0v) is 18.1. The summed E-state index contributed by atoms with van der Waals surface area (Å²) in [6.07, 6.45) is 0.187. The predicted molar refractivity (Wildman–Crippen MR) is 121 cm³/mol. The Morgan fingerprint density at radius 1 is 1.12 bits per heavy atom. The Labute approximate surface area is 193 Å². The number of carbonyl (C=O) groups is 3. The summed E-state index contributed by atoms with van der Waals surface area (Å²) >= 11 is 0. The van der Waals surface area contributed by atoms with Gasteiger partial charge in [0.15, 0.2) is 11.8 Å². The van der Waals surface area contributed by atoms with Gasteiger partial charge >= 0.3 is 12.0 Å². The number of halogens is 1. The van der Waals surface area contributed by atoms with E-state index in [4.69, 9.17) is 10.5 Å². The van der Waals surface area contributed by atoms with Crippen molar-refractivity contribution in [3.8, 4) is 11.3 Å². The average Bonchev–Trinajstić information content (AvgIpc) is 3.21. The van der Waals surface area contributed by atoms with Crippen LogP contribution in [0.1, 0.15) is 22.8 Å². The van der Waals surface area contributed by atoms with E-state index in [1.165, 1.54) is 25.3 Å². The van der Waals surface area contributed by atoms with Crippen molar-refractivity contribution in [3.63, 3.8) is 0 Å². The van der Waals surface area contributed by atoms with E-state index >= 15 is 0 Å². The number of urea groups is 1. The second-order valence-corrected chi connectivity index (χ2v) is 7.49. The van der Waals surface area contributed by atoms with Crippen LogP contribution in [-0.4, -0.2) is 38.8 Å². The zero-order valence-electron chi connectivity index (χ0n) is 18.1. The van der Waals surface area contributed by atoms with Crippen LogP contribution in [0, 0.1) is 5.82 Å². The molecule has 0 spiro atoms. The lowest BCUT2D eigenvalue weighted by Gasteiger charge is -2.13. The van der Waals surface area contributed by atoms with Gasteiger partial charge in [-0.05, 0) is 30.7 Å². The van der Waals surface area contributed by atoms with Crippen molar-refractivity contribution >= 4 is 28.9 Å². The number of hydrogen-bond donors (Lipinski definition) is 2. The summed E-state index contributed by atoms with van der Waals surface area (Å²) in [5.74, 6) is -2.03. The molecule has 4 rings (SSSR count). The molecule has 1 atom stereocenters. The lowest BCUT2D eigenvalue weighted by Crippen LogP contribution is -2.42. The number of carbonyl (C=O) groups excluding carboxylic acids is 3. The number of fused-ring (bicyclic) bond motifs is 1. The Balaban J connectivity index is 1.76. The van der Waals surface area contributed by atoms with Gasteiger partial charge in [-0.3, -0.25) is 10.1 Å². The number of nitrogens with one attached hydrogen (secondary N) is 1. The maximum absolute atomic E-state index is 13.7. The highest BCUT2D eigenvalue weighted by atomic mass is 19.1. The molecule has 172 valence electrons. The molecule has 0 aliphatic rings. The van der Waals surface area contributed by atoms with Crippen molar-refractivity contribution in [2.45, 2.75) is 19.6 Å². The standard InChI is InChI=1S/C24H20FN5O4/c1-14(22(31)29-24(26)33)34-23(32)18-11-20(16-7-3-2-4-8-16)28-21-19(18)12-27-30(21)13-15-6-5-9-17(25)10-15/h2-12,14H,13H2,1H3,(H3,26,29,31,33)/t14-/m1/s1. The van der Waals surface area contributed by atoms with Gasteiger partial charge in [0, 0.05) is 5.56 Å². The van der Waals surface area contributed by atoms with Crippen molar-refractivity contribution in [3.05, 3.63) is 83.8 Å². The fourth-order valence-electron chi connectivity index (χ4n) is 3.40. The molecule has 0 bridgehead atoms. The number of aromatic nitrogens is 3. The van der Waals surface area contributed by atoms with Crippen LogP contribution in [0.25, 0.3) is 22.3 Å².